The molecule has 0 aliphatic rings. The van der Waals surface area contributed by atoms with Crippen LogP contribution in [0.4, 0.5) is 5.69 Å². The minimum absolute atomic E-state index is 0.209. The number of nitrogens with zero attached hydrogens (tertiary/aromatic N) is 1. The maximum Gasteiger partial charge on any atom is 0.255 e. The molecule has 0 radical (unpaired) electrons. The molecule has 3 rings (SSSR count). The van der Waals surface area contributed by atoms with E-state index in [4.69, 9.17) is 16.3 Å². The Morgan fingerprint density at radius 2 is 2.17 bits per heavy atom. The Balaban J connectivity index is 1.70. The van der Waals surface area contributed by atoms with Gasteiger partial charge in [-0.2, -0.15) is 0 Å². The minimum atomic E-state index is -0.209. The van der Waals surface area contributed by atoms with Crippen LogP contribution in [-0.4, -0.2) is 10.9 Å². The van der Waals surface area contributed by atoms with Crippen LogP contribution in [-0.2, 0) is 6.61 Å². The van der Waals surface area contributed by atoms with Crippen molar-refractivity contribution in [3.63, 3.8) is 0 Å². The predicted molar refractivity (Wildman–Crippen MR) is 97.0 cm³/mol. The van der Waals surface area contributed by atoms with E-state index in [1.807, 2.05) is 24.4 Å². The molecule has 0 aliphatic carbocycles. The van der Waals surface area contributed by atoms with Crippen LogP contribution in [0.1, 0.15) is 21.6 Å². The average molecular weight is 359 g/mol. The molecule has 4 nitrogen and oxygen atoms in total. The van der Waals surface area contributed by atoms with E-state index in [1.54, 1.807) is 35.8 Å². The summed E-state index contributed by atoms with van der Waals surface area (Å²) in [4.78, 5) is 16.6. The van der Waals surface area contributed by atoms with E-state index >= 15 is 0 Å². The molecule has 0 bridgehead atoms. The molecule has 3 aromatic rings. The van der Waals surface area contributed by atoms with Gasteiger partial charge in [-0.1, -0.05) is 23.7 Å². The van der Waals surface area contributed by atoms with Crippen molar-refractivity contribution in [1.82, 2.24) is 4.98 Å². The Kier molecular flexibility index (Phi) is 5.13. The molecule has 0 saturated heterocycles. The van der Waals surface area contributed by atoms with Crippen molar-refractivity contribution in [1.29, 1.82) is 0 Å². The van der Waals surface area contributed by atoms with E-state index in [1.165, 1.54) is 11.3 Å². The highest BCUT2D eigenvalue weighted by molar-refractivity contribution is 7.07. The molecule has 1 amide bonds. The Morgan fingerprint density at radius 1 is 1.29 bits per heavy atom. The van der Waals surface area contributed by atoms with Gasteiger partial charge in [-0.25, -0.2) is 4.98 Å². The first-order valence-electron chi connectivity index (χ1n) is 7.29. The van der Waals surface area contributed by atoms with Crippen LogP contribution in [0.25, 0.3) is 0 Å². The number of aryl methyl sites for hydroxylation is 1. The number of benzene rings is 2. The second kappa shape index (κ2) is 7.47. The Bertz CT molecular complexity index is 850. The van der Waals surface area contributed by atoms with Gasteiger partial charge >= 0.3 is 0 Å². The number of anilines is 1. The van der Waals surface area contributed by atoms with E-state index < -0.39 is 0 Å². The molecule has 1 heterocycles. The van der Waals surface area contributed by atoms with Gasteiger partial charge in [0.1, 0.15) is 12.4 Å². The van der Waals surface area contributed by atoms with E-state index in [9.17, 15) is 4.79 Å². The first-order valence-corrected chi connectivity index (χ1v) is 8.61. The maximum absolute atomic E-state index is 12.4. The van der Waals surface area contributed by atoms with Gasteiger partial charge in [0, 0.05) is 21.7 Å². The molecule has 24 heavy (non-hydrogen) atoms. The third kappa shape index (κ3) is 4.13. The van der Waals surface area contributed by atoms with Gasteiger partial charge in [-0.3, -0.25) is 4.79 Å². The van der Waals surface area contributed by atoms with Gasteiger partial charge < -0.3 is 10.1 Å². The number of amides is 1. The second-order valence-corrected chi connectivity index (χ2v) is 6.36. The molecule has 6 heteroatoms. The minimum Gasteiger partial charge on any atom is -0.487 e. The molecule has 0 atom stereocenters. The predicted octanol–water partition coefficient (Wildman–Crippen LogP) is 4.94. The number of rotatable bonds is 5. The molecule has 122 valence electrons. The lowest BCUT2D eigenvalue weighted by molar-refractivity contribution is 0.102. The number of thiazole rings is 1. The Labute approximate surface area is 149 Å². The number of halogens is 1. The fraction of sp³-hybridized carbons (Fsp3) is 0.111. The lowest BCUT2D eigenvalue weighted by Crippen LogP contribution is -2.13. The van der Waals surface area contributed by atoms with Crippen molar-refractivity contribution in [3.8, 4) is 5.75 Å². The van der Waals surface area contributed by atoms with Crippen LogP contribution in [0.3, 0.4) is 0 Å². The molecule has 0 saturated carbocycles. The number of carbonyl (C=O) groups is 1. The van der Waals surface area contributed by atoms with Crippen molar-refractivity contribution in [2.75, 3.05) is 5.32 Å². The van der Waals surface area contributed by atoms with E-state index in [0.29, 0.717) is 28.6 Å². The second-order valence-electron chi connectivity index (χ2n) is 5.21. The highest BCUT2D eigenvalue weighted by Gasteiger charge is 2.09. The van der Waals surface area contributed by atoms with Crippen LogP contribution < -0.4 is 10.1 Å². The van der Waals surface area contributed by atoms with Gasteiger partial charge in [0.25, 0.3) is 5.91 Å². The van der Waals surface area contributed by atoms with Crippen LogP contribution in [0.2, 0.25) is 5.02 Å². The van der Waals surface area contributed by atoms with Crippen molar-refractivity contribution in [2.45, 2.75) is 13.5 Å². The zero-order valence-corrected chi connectivity index (χ0v) is 14.5. The van der Waals surface area contributed by atoms with Crippen LogP contribution in [0.5, 0.6) is 5.75 Å². The van der Waals surface area contributed by atoms with E-state index in [-0.39, 0.29) is 5.91 Å². The van der Waals surface area contributed by atoms with E-state index in [2.05, 4.69) is 10.3 Å². The molecule has 2 aromatic carbocycles. The summed E-state index contributed by atoms with van der Waals surface area (Å²) < 4.78 is 5.68. The van der Waals surface area contributed by atoms with Gasteiger partial charge in [-0.15, -0.1) is 11.3 Å². The van der Waals surface area contributed by atoms with Gasteiger partial charge in [0.05, 0.1) is 11.2 Å². The molecule has 0 aliphatic heterocycles. The fourth-order valence-electron chi connectivity index (χ4n) is 2.12. The van der Waals surface area contributed by atoms with Crippen molar-refractivity contribution >= 4 is 34.5 Å². The number of hydrogen-bond acceptors (Lipinski definition) is 4. The Morgan fingerprint density at radius 3 is 2.96 bits per heavy atom. The van der Waals surface area contributed by atoms with Crippen LogP contribution in [0.15, 0.2) is 53.4 Å². The summed E-state index contributed by atoms with van der Waals surface area (Å²) in [5.41, 5.74) is 4.79. The van der Waals surface area contributed by atoms with Crippen LogP contribution >= 0.6 is 22.9 Å². The summed E-state index contributed by atoms with van der Waals surface area (Å²) in [6, 6.07) is 12.4. The largest absolute Gasteiger partial charge is 0.487 e. The average Bonchev–Trinajstić information content (AvgIpc) is 3.10. The topological polar surface area (TPSA) is 51.2 Å². The van der Waals surface area contributed by atoms with Crippen molar-refractivity contribution in [2.24, 2.45) is 0 Å². The molecule has 1 aromatic heterocycles. The van der Waals surface area contributed by atoms with Crippen molar-refractivity contribution in [3.05, 3.63) is 75.2 Å². The maximum atomic E-state index is 12.4. The molecular weight excluding hydrogens is 344 g/mol. The third-order valence-corrected chi connectivity index (χ3v) is 4.28. The molecule has 1 N–H and O–H groups in total. The quantitative estimate of drug-likeness (QED) is 0.703. The number of ether oxygens (including phenoxy) is 1. The number of hydrogen-bond donors (Lipinski definition) is 1. The number of nitrogens with one attached hydrogen (secondary N) is 1. The fourth-order valence-corrected chi connectivity index (χ4v) is 2.83. The lowest BCUT2D eigenvalue weighted by Gasteiger charge is -2.10. The highest BCUT2D eigenvalue weighted by Crippen LogP contribution is 2.22. The number of aromatic nitrogens is 1. The normalized spacial score (nSPS) is 10.4. The zero-order chi connectivity index (χ0) is 16.9. The summed E-state index contributed by atoms with van der Waals surface area (Å²) in [5.74, 6) is 0.415. The SMILES string of the molecule is Cc1ccc(Cl)cc1NC(=O)c1cccc(OCc2cscn2)c1. The molecule has 0 fully saturated rings. The van der Waals surface area contributed by atoms with Crippen LogP contribution in [0, 0.1) is 6.92 Å². The molecule has 0 unspecified atom stereocenters. The zero-order valence-electron chi connectivity index (χ0n) is 13.0. The third-order valence-electron chi connectivity index (χ3n) is 3.41. The van der Waals surface area contributed by atoms with Gasteiger partial charge in [-0.05, 0) is 42.8 Å². The van der Waals surface area contributed by atoms with Gasteiger partial charge in [0.15, 0.2) is 0 Å². The summed E-state index contributed by atoms with van der Waals surface area (Å²) >= 11 is 7.51. The van der Waals surface area contributed by atoms with E-state index in [0.717, 1.165) is 11.3 Å². The summed E-state index contributed by atoms with van der Waals surface area (Å²) in [6.45, 7) is 2.29. The number of carbonyl (C=O) groups excluding carboxylic acids is 1. The smallest absolute Gasteiger partial charge is 0.255 e. The summed E-state index contributed by atoms with van der Waals surface area (Å²) in [6.07, 6.45) is 0. The first-order chi connectivity index (χ1) is 11.6. The highest BCUT2D eigenvalue weighted by atomic mass is 35.5. The van der Waals surface area contributed by atoms with Gasteiger partial charge in [0.2, 0.25) is 0 Å². The van der Waals surface area contributed by atoms with Crippen molar-refractivity contribution < 1.29 is 9.53 Å². The standard InChI is InChI=1S/C18H15ClN2O2S/c1-12-5-6-14(19)8-17(12)21-18(22)13-3-2-4-16(7-13)23-9-15-10-24-11-20-15/h2-8,10-11H,9H2,1H3,(H,21,22). The first kappa shape index (κ1) is 16.5. The molecule has 0 spiro atoms. The summed E-state index contributed by atoms with van der Waals surface area (Å²) in [5, 5.41) is 5.38. The molecular formula is C18H15ClN2O2S. The monoisotopic (exact) mass is 358 g/mol. The summed E-state index contributed by atoms with van der Waals surface area (Å²) in [7, 11) is 0. The Hall–Kier alpha value is -2.37. The lowest BCUT2D eigenvalue weighted by atomic mass is 10.1.